The van der Waals surface area contributed by atoms with Gasteiger partial charge in [0, 0.05) is 27.6 Å². The zero-order chi connectivity index (χ0) is 14.1. The number of nitrogens with zero attached hydrogens (tertiary/aromatic N) is 2. The molecule has 2 aromatic heterocycles. The molecule has 0 radical (unpaired) electrons. The summed E-state index contributed by atoms with van der Waals surface area (Å²) >= 11 is 5.04. The van der Waals surface area contributed by atoms with Crippen LogP contribution in [0.1, 0.15) is 29.4 Å². The Balaban J connectivity index is 2.11. The van der Waals surface area contributed by atoms with Crippen LogP contribution in [0.4, 0.5) is 0 Å². The van der Waals surface area contributed by atoms with Crippen molar-refractivity contribution < 1.29 is 4.79 Å². The molecule has 102 valence electrons. The highest BCUT2D eigenvalue weighted by atomic mass is 79.9. The van der Waals surface area contributed by atoms with E-state index in [1.165, 1.54) is 0 Å². The Kier molecular flexibility index (Phi) is 3.72. The molecule has 20 heavy (non-hydrogen) atoms. The first-order valence-corrected chi connectivity index (χ1v) is 8.12. The molecule has 3 nitrogen and oxygen atoms in total. The summed E-state index contributed by atoms with van der Waals surface area (Å²) in [5.41, 5.74) is 1.39. The molecule has 3 aromatic rings. The van der Waals surface area contributed by atoms with Crippen molar-refractivity contribution in [3.63, 3.8) is 0 Å². The molecule has 5 heteroatoms. The third-order valence-electron chi connectivity index (χ3n) is 3.17. The third-order valence-corrected chi connectivity index (χ3v) is 4.71. The van der Waals surface area contributed by atoms with E-state index in [0.717, 1.165) is 33.1 Å². The second-order valence-corrected chi connectivity index (χ2v) is 6.30. The molecule has 0 saturated carbocycles. The molecule has 0 N–H and O–H groups in total. The largest absolute Gasteiger partial charge is 0.287 e. The van der Waals surface area contributed by atoms with Gasteiger partial charge in [0.25, 0.3) is 0 Å². The molecule has 0 amide bonds. The maximum atomic E-state index is 12.8. The minimum Gasteiger partial charge on any atom is -0.287 e. The number of hydrogen-bond acceptors (Lipinski definition) is 3. The van der Waals surface area contributed by atoms with Crippen LogP contribution in [0.3, 0.4) is 0 Å². The van der Waals surface area contributed by atoms with Crippen LogP contribution in [0.5, 0.6) is 0 Å². The second kappa shape index (κ2) is 5.50. The zero-order valence-corrected chi connectivity index (χ0v) is 13.4. The smallest absolute Gasteiger partial charge is 0.213 e. The lowest BCUT2D eigenvalue weighted by Gasteiger charge is -2.05. The molecule has 0 saturated heterocycles. The number of hydrogen-bond donors (Lipinski definition) is 0. The van der Waals surface area contributed by atoms with Gasteiger partial charge in [0.05, 0.1) is 10.7 Å². The highest BCUT2D eigenvalue weighted by molar-refractivity contribution is 9.10. The lowest BCUT2D eigenvalue weighted by atomic mass is 10.1. The molecule has 0 unspecified atom stereocenters. The average molecular weight is 349 g/mol. The number of fused-ring (bicyclic) bond motifs is 1. The molecular weight excluding hydrogens is 336 g/mol. The predicted octanol–water partition coefficient (Wildman–Crippen LogP) is 4.50. The fourth-order valence-corrected chi connectivity index (χ4v) is 3.67. The summed E-state index contributed by atoms with van der Waals surface area (Å²) in [5, 5.41) is 7.21. The van der Waals surface area contributed by atoms with Gasteiger partial charge in [0.15, 0.2) is 0 Å². The summed E-state index contributed by atoms with van der Waals surface area (Å²) in [6.07, 6.45) is 2.64. The molecular formula is C15H13BrN2OS. The Bertz CT molecular complexity index is 775. The third kappa shape index (κ3) is 2.21. The van der Waals surface area contributed by atoms with Gasteiger partial charge in [-0.3, -0.25) is 9.48 Å². The number of halogens is 1. The fraction of sp³-hybridized carbons (Fsp3) is 0.200. The van der Waals surface area contributed by atoms with Crippen LogP contribution in [0.15, 0.2) is 40.3 Å². The van der Waals surface area contributed by atoms with Gasteiger partial charge in [0.2, 0.25) is 5.78 Å². The van der Waals surface area contributed by atoms with Crippen LogP contribution in [0.25, 0.3) is 10.1 Å². The van der Waals surface area contributed by atoms with Gasteiger partial charge in [-0.2, -0.15) is 5.10 Å². The summed E-state index contributed by atoms with van der Waals surface area (Å²) in [4.78, 5) is 12.8. The zero-order valence-electron chi connectivity index (χ0n) is 11.0. The predicted molar refractivity (Wildman–Crippen MR) is 85.5 cm³/mol. The standard InChI is InChI=1S/C15H13BrN2OS/c1-2-7-18-14(12(16)8-17-18)15(19)11-9-20-13-6-4-3-5-10(11)13/h3-6,8-9H,2,7H2,1H3. The molecule has 0 atom stereocenters. The van der Waals surface area contributed by atoms with Gasteiger partial charge in [-0.05, 0) is 28.4 Å². The minimum absolute atomic E-state index is 0.0280. The van der Waals surface area contributed by atoms with E-state index in [1.54, 1.807) is 22.2 Å². The monoisotopic (exact) mass is 348 g/mol. The summed E-state index contributed by atoms with van der Waals surface area (Å²) < 4.78 is 3.67. The van der Waals surface area contributed by atoms with Crippen LogP contribution >= 0.6 is 27.3 Å². The molecule has 0 aliphatic rings. The summed E-state index contributed by atoms with van der Waals surface area (Å²) in [6.45, 7) is 2.82. The number of thiophene rings is 1. The maximum absolute atomic E-state index is 12.8. The first kappa shape index (κ1) is 13.5. The lowest BCUT2D eigenvalue weighted by Crippen LogP contribution is -2.11. The Morgan fingerprint density at radius 2 is 2.20 bits per heavy atom. The van der Waals surface area contributed by atoms with E-state index >= 15 is 0 Å². The highest BCUT2D eigenvalue weighted by Crippen LogP contribution is 2.29. The number of benzene rings is 1. The maximum Gasteiger partial charge on any atom is 0.213 e. The van der Waals surface area contributed by atoms with Gasteiger partial charge >= 0.3 is 0 Å². The van der Waals surface area contributed by atoms with Gasteiger partial charge in [-0.1, -0.05) is 25.1 Å². The fourth-order valence-electron chi connectivity index (χ4n) is 2.25. The van der Waals surface area contributed by atoms with Crippen molar-refractivity contribution in [2.75, 3.05) is 0 Å². The highest BCUT2D eigenvalue weighted by Gasteiger charge is 2.21. The topological polar surface area (TPSA) is 34.9 Å². The van der Waals surface area contributed by atoms with Crippen molar-refractivity contribution in [2.45, 2.75) is 19.9 Å². The first-order chi connectivity index (χ1) is 9.72. The molecule has 3 rings (SSSR count). The Hall–Kier alpha value is -1.46. The number of carbonyl (C=O) groups is 1. The number of ketones is 1. The molecule has 2 heterocycles. The summed E-state index contributed by atoms with van der Waals surface area (Å²) in [5.74, 6) is 0.0280. The van der Waals surface area contributed by atoms with Crippen LogP contribution in [0, 0.1) is 0 Å². The van der Waals surface area contributed by atoms with Crippen molar-refractivity contribution >= 4 is 43.1 Å². The van der Waals surface area contributed by atoms with E-state index in [1.807, 2.05) is 29.6 Å². The first-order valence-electron chi connectivity index (χ1n) is 6.44. The Labute approximate surface area is 129 Å². The normalized spacial score (nSPS) is 11.1. The van der Waals surface area contributed by atoms with Gasteiger partial charge < -0.3 is 0 Å². The van der Waals surface area contributed by atoms with Crippen molar-refractivity contribution in [1.82, 2.24) is 9.78 Å². The van der Waals surface area contributed by atoms with Crippen molar-refractivity contribution in [1.29, 1.82) is 0 Å². The van der Waals surface area contributed by atoms with Gasteiger partial charge in [-0.15, -0.1) is 11.3 Å². The van der Waals surface area contributed by atoms with Crippen molar-refractivity contribution in [2.24, 2.45) is 0 Å². The van der Waals surface area contributed by atoms with Crippen LogP contribution in [-0.4, -0.2) is 15.6 Å². The van der Waals surface area contributed by atoms with E-state index in [2.05, 4.69) is 28.0 Å². The van der Waals surface area contributed by atoms with Crippen molar-refractivity contribution in [3.05, 3.63) is 51.6 Å². The lowest BCUT2D eigenvalue weighted by molar-refractivity contribution is 0.103. The molecule has 0 aliphatic heterocycles. The van der Waals surface area contributed by atoms with Crippen LogP contribution < -0.4 is 0 Å². The SMILES string of the molecule is CCCn1ncc(Br)c1C(=O)c1csc2ccccc12. The molecule has 1 aromatic carbocycles. The number of aromatic nitrogens is 2. The Morgan fingerprint density at radius 3 is 3.00 bits per heavy atom. The van der Waals surface area contributed by atoms with Crippen LogP contribution in [0.2, 0.25) is 0 Å². The molecule has 0 bridgehead atoms. The van der Waals surface area contributed by atoms with E-state index in [0.29, 0.717) is 5.69 Å². The van der Waals surface area contributed by atoms with Crippen molar-refractivity contribution in [3.8, 4) is 0 Å². The average Bonchev–Trinajstić information content (AvgIpc) is 3.03. The van der Waals surface area contributed by atoms with E-state index in [-0.39, 0.29) is 5.78 Å². The molecule has 0 spiro atoms. The number of carbonyl (C=O) groups excluding carboxylic acids is 1. The quantitative estimate of drug-likeness (QED) is 0.650. The van der Waals surface area contributed by atoms with E-state index in [4.69, 9.17) is 0 Å². The van der Waals surface area contributed by atoms with E-state index in [9.17, 15) is 4.79 Å². The molecule has 0 aliphatic carbocycles. The number of aryl methyl sites for hydroxylation is 1. The minimum atomic E-state index is 0.0280. The second-order valence-electron chi connectivity index (χ2n) is 4.54. The van der Waals surface area contributed by atoms with Crippen LogP contribution in [-0.2, 0) is 6.54 Å². The van der Waals surface area contributed by atoms with E-state index < -0.39 is 0 Å². The number of rotatable bonds is 4. The van der Waals surface area contributed by atoms with Gasteiger partial charge in [-0.25, -0.2) is 0 Å². The Morgan fingerprint density at radius 1 is 1.40 bits per heavy atom. The molecule has 0 fully saturated rings. The summed E-state index contributed by atoms with van der Waals surface area (Å²) in [7, 11) is 0. The van der Waals surface area contributed by atoms with Gasteiger partial charge in [0.1, 0.15) is 5.69 Å². The summed E-state index contributed by atoms with van der Waals surface area (Å²) in [6, 6.07) is 7.98.